The van der Waals surface area contributed by atoms with Gasteiger partial charge in [0.05, 0.1) is 23.9 Å². The Hall–Kier alpha value is -0.810. The lowest BCUT2D eigenvalue weighted by Crippen LogP contribution is -2.49. The minimum Gasteiger partial charge on any atom is -0.395 e. The van der Waals surface area contributed by atoms with Gasteiger partial charge in [0, 0.05) is 11.1 Å². The van der Waals surface area contributed by atoms with E-state index in [1.54, 1.807) is 18.2 Å². The van der Waals surface area contributed by atoms with Crippen LogP contribution in [0.25, 0.3) is 0 Å². The van der Waals surface area contributed by atoms with Crippen molar-refractivity contribution in [1.29, 1.82) is 0 Å². The van der Waals surface area contributed by atoms with Gasteiger partial charge in [0.2, 0.25) is 5.91 Å². The summed E-state index contributed by atoms with van der Waals surface area (Å²) in [5.74, 6) is 0.266. The van der Waals surface area contributed by atoms with Gasteiger partial charge in [-0.05, 0) is 43.5 Å². The van der Waals surface area contributed by atoms with Crippen molar-refractivity contribution in [2.24, 2.45) is 5.92 Å². The number of carbonyl (C=O) groups is 1. The molecule has 0 spiro atoms. The van der Waals surface area contributed by atoms with Crippen molar-refractivity contribution in [3.63, 3.8) is 0 Å². The van der Waals surface area contributed by atoms with Crippen LogP contribution in [0.4, 0.5) is 5.69 Å². The van der Waals surface area contributed by atoms with E-state index in [0.717, 1.165) is 19.4 Å². The summed E-state index contributed by atoms with van der Waals surface area (Å²) in [4.78, 5) is 14.2. The van der Waals surface area contributed by atoms with Crippen LogP contribution in [0.2, 0.25) is 10.0 Å². The third-order valence-electron chi connectivity index (χ3n) is 3.97. The molecule has 0 bridgehead atoms. The highest BCUT2D eigenvalue weighted by atomic mass is 35.5. The van der Waals surface area contributed by atoms with Gasteiger partial charge in [-0.15, -0.1) is 0 Å². The van der Waals surface area contributed by atoms with Gasteiger partial charge in [0.1, 0.15) is 0 Å². The zero-order chi connectivity index (χ0) is 15.4. The Morgan fingerprint density at radius 2 is 2.24 bits per heavy atom. The number of piperidine rings is 1. The molecule has 21 heavy (non-hydrogen) atoms. The summed E-state index contributed by atoms with van der Waals surface area (Å²) in [6, 6.07) is 5.01. The van der Waals surface area contributed by atoms with E-state index < -0.39 is 0 Å². The molecule has 2 rings (SSSR count). The lowest BCUT2D eigenvalue weighted by Gasteiger charge is -2.38. The van der Waals surface area contributed by atoms with E-state index in [1.165, 1.54) is 0 Å². The van der Waals surface area contributed by atoms with Gasteiger partial charge in [-0.3, -0.25) is 9.69 Å². The number of hydrogen-bond donors (Lipinski definition) is 2. The summed E-state index contributed by atoms with van der Waals surface area (Å²) in [5.41, 5.74) is 0.552. The highest BCUT2D eigenvalue weighted by Gasteiger charge is 2.29. The number of nitrogens with one attached hydrogen (secondary N) is 1. The first kappa shape index (κ1) is 16.6. The predicted molar refractivity (Wildman–Crippen MR) is 85.9 cm³/mol. The van der Waals surface area contributed by atoms with Crippen LogP contribution >= 0.6 is 23.2 Å². The molecule has 4 nitrogen and oxygen atoms in total. The number of benzene rings is 1. The van der Waals surface area contributed by atoms with Crippen LogP contribution < -0.4 is 5.32 Å². The van der Waals surface area contributed by atoms with Gasteiger partial charge in [-0.1, -0.05) is 30.1 Å². The normalized spacial score (nSPS) is 23.0. The average Bonchev–Trinajstić information content (AvgIpc) is 2.42. The standard InChI is InChI=1S/C15H20Cl2N2O2/c1-10-3-2-6-19(14(10)9-20)8-15(21)18-13-5-4-11(16)7-12(13)17/h4-5,7,10,14,20H,2-3,6,8-9H2,1H3,(H,18,21). The van der Waals surface area contributed by atoms with Gasteiger partial charge in [-0.25, -0.2) is 0 Å². The van der Waals surface area contributed by atoms with Crippen molar-refractivity contribution in [3.05, 3.63) is 28.2 Å². The maximum absolute atomic E-state index is 12.2. The molecule has 116 valence electrons. The molecule has 1 aliphatic rings. The van der Waals surface area contributed by atoms with Crippen LogP contribution in [-0.2, 0) is 4.79 Å². The van der Waals surface area contributed by atoms with Crippen molar-refractivity contribution in [3.8, 4) is 0 Å². The summed E-state index contributed by atoms with van der Waals surface area (Å²) in [5, 5.41) is 13.2. The van der Waals surface area contributed by atoms with Crippen molar-refractivity contribution >= 4 is 34.8 Å². The molecular weight excluding hydrogens is 311 g/mol. The molecule has 1 amide bonds. The average molecular weight is 331 g/mol. The molecule has 1 saturated heterocycles. The lowest BCUT2D eigenvalue weighted by molar-refractivity contribution is -0.118. The Balaban J connectivity index is 1.97. The van der Waals surface area contributed by atoms with Gasteiger partial charge in [0.15, 0.2) is 0 Å². The van der Waals surface area contributed by atoms with Gasteiger partial charge in [-0.2, -0.15) is 0 Å². The SMILES string of the molecule is CC1CCCN(CC(=O)Nc2ccc(Cl)cc2Cl)C1CO. The third-order valence-corrected chi connectivity index (χ3v) is 4.52. The molecule has 1 aromatic rings. The van der Waals surface area contributed by atoms with Crippen LogP contribution in [0.1, 0.15) is 19.8 Å². The monoisotopic (exact) mass is 330 g/mol. The number of hydrogen-bond acceptors (Lipinski definition) is 3. The van der Waals surface area contributed by atoms with E-state index in [4.69, 9.17) is 23.2 Å². The van der Waals surface area contributed by atoms with E-state index in [9.17, 15) is 9.90 Å². The first-order chi connectivity index (χ1) is 10.0. The van der Waals surface area contributed by atoms with Crippen molar-refractivity contribution in [1.82, 2.24) is 4.90 Å². The number of rotatable bonds is 4. The van der Waals surface area contributed by atoms with E-state index in [2.05, 4.69) is 12.2 Å². The van der Waals surface area contributed by atoms with Crippen molar-refractivity contribution in [2.75, 3.05) is 25.0 Å². The minimum atomic E-state index is -0.133. The van der Waals surface area contributed by atoms with E-state index >= 15 is 0 Å². The second-order valence-electron chi connectivity index (χ2n) is 5.51. The number of aliphatic hydroxyl groups is 1. The van der Waals surface area contributed by atoms with E-state index in [1.807, 2.05) is 4.90 Å². The van der Waals surface area contributed by atoms with Crippen LogP contribution in [0.3, 0.4) is 0 Å². The number of halogens is 2. The Bertz CT molecular complexity index is 510. The largest absolute Gasteiger partial charge is 0.395 e. The predicted octanol–water partition coefficient (Wildman–Crippen LogP) is 3.02. The fourth-order valence-electron chi connectivity index (χ4n) is 2.79. The summed E-state index contributed by atoms with van der Waals surface area (Å²) >= 11 is 11.9. The van der Waals surface area contributed by atoms with Gasteiger partial charge < -0.3 is 10.4 Å². The topological polar surface area (TPSA) is 52.6 Å². The second-order valence-corrected chi connectivity index (χ2v) is 6.36. The number of nitrogens with zero attached hydrogens (tertiary/aromatic N) is 1. The summed E-state index contributed by atoms with van der Waals surface area (Å²) in [6.07, 6.45) is 2.14. The Kier molecular flexibility index (Phi) is 5.88. The number of anilines is 1. The number of carbonyl (C=O) groups excluding carboxylic acids is 1. The molecule has 2 atom stereocenters. The molecular formula is C15H20Cl2N2O2. The Morgan fingerprint density at radius 3 is 2.90 bits per heavy atom. The molecule has 1 heterocycles. The minimum absolute atomic E-state index is 0.0465. The first-order valence-electron chi connectivity index (χ1n) is 7.11. The summed E-state index contributed by atoms with van der Waals surface area (Å²) < 4.78 is 0. The molecule has 1 aliphatic heterocycles. The lowest BCUT2D eigenvalue weighted by atomic mass is 9.91. The second kappa shape index (κ2) is 7.45. The van der Waals surface area contributed by atoms with Crippen molar-refractivity contribution in [2.45, 2.75) is 25.8 Å². The molecule has 0 radical (unpaired) electrons. The van der Waals surface area contributed by atoms with E-state index in [-0.39, 0.29) is 25.1 Å². The first-order valence-corrected chi connectivity index (χ1v) is 7.86. The zero-order valence-electron chi connectivity index (χ0n) is 12.0. The Morgan fingerprint density at radius 1 is 1.48 bits per heavy atom. The highest BCUT2D eigenvalue weighted by Crippen LogP contribution is 2.26. The summed E-state index contributed by atoms with van der Waals surface area (Å²) in [6.45, 7) is 3.28. The van der Waals surface area contributed by atoms with Crippen LogP contribution in [-0.4, -0.2) is 41.7 Å². The summed E-state index contributed by atoms with van der Waals surface area (Å²) in [7, 11) is 0. The fourth-order valence-corrected chi connectivity index (χ4v) is 3.25. The zero-order valence-corrected chi connectivity index (χ0v) is 13.5. The molecule has 2 unspecified atom stereocenters. The molecule has 0 aromatic heterocycles. The highest BCUT2D eigenvalue weighted by molar-refractivity contribution is 6.36. The van der Waals surface area contributed by atoms with Crippen LogP contribution in [0.15, 0.2) is 18.2 Å². The number of amides is 1. The maximum atomic E-state index is 12.2. The fraction of sp³-hybridized carbons (Fsp3) is 0.533. The number of likely N-dealkylation sites (tertiary alicyclic amines) is 1. The maximum Gasteiger partial charge on any atom is 0.238 e. The molecule has 2 N–H and O–H groups in total. The van der Waals surface area contributed by atoms with Gasteiger partial charge >= 0.3 is 0 Å². The smallest absolute Gasteiger partial charge is 0.238 e. The molecule has 1 aromatic carbocycles. The number of aliphatic hydroxyl groups excluding tert-OH is 1. The molecule has 0 saturated carbocycles. The molecule has 6 heteroatoms. The van der Waals surface area contributed by atoms with Gasteiger partial charge in [0.25, 0.3) is 0 Å². The van der Waals surface area contributed by atoms with Crippen LogP contribution in [0.5, 0.6) is 0 Å². The molecule has 0 aliphatic carbocycles. The Labute approximate surface area is 135 Å². The quantitative estimate of drug-likeness (QED) is 0.892. The molecule has 1 fully saturated rings. The van der Waals surface area contributed by atoms with Crippen molar-refractivity contribution < 1.29 is 9.90 Å². The van der Waals surface area contributed by atoms with Crippen LogP contribution in [0, 0.1) is 5.92 Å². The van der Waals surface area contributed by atoms with E-state index in [0.29, 0.717) is 21.7 Å². The third kappa shape index (κ3) is 4.33.